The Morgan fingerprint density at radius 3 is 1.61 bits per heavy atom. The van der Waals surface area contributed by atoms with Crippen molar-refractivity contribution in [3.8, 4) is 11.5 Å². The van der Waals surface area contributed by atoms with Gasteiger partial charge in [0.1, 0.15) is 11.5 Å². The van der Waals surface area contributed by atoms with E-state index in [1.165, 1.54) is 43.9 Å². The molecule has 8 heteroatoms. The summed E-state index contributed by atoms with van der Waals surface area (Å²) < 4.78 is 10.6. The lowest BCUT2D eigenvalue weighted by molar-refractivity contribution is 0.111. The lowest BCUT2D eigenvalue weighted by Crippen LogP contribution is -2.43. The van der Waals surface area contributed by atoms with E-state index in [2.05, 4.69) is 31.0 Å². The van der Waals surface area contributed by atoms with E-state index in [0.717, 1.165) is 55.4 Å². The van der Waals surface area contributed by atoms with Gasteiger partial charge in [-0.05, 0) is 93.5 Å². The van der Waals surface area contributed by atoms with E-state index >= 15 is 0 Å². The topological polar surface area (TPSA) is 129 Å². The van der Waals surface area contributed by atoms with Gasteiger partial charge in [-0.15, -0.1) is 0 Å². The number of aliphatic imine (C=N–C) groups is 2. The van der Waals surface area contributed by atoms with Crippen molar-refractivity contribution in [1.82, 2.24) is 0 Å². The third kappa shape index (κ3) is 11.0. The molecule has 0 aliphatic heterocycles. The first-order valence-corrected chi connectivity index (χ1v) is 16.1. The molecule has 0 saturated heterocycles. The molecule has 4 atom stereocenters. The van der Waals surface area contributed by atoms with Crippen LogP contribution in [0.1, 0.15) is 115 Å². The molecule has 2 aromatic carbocycles. The molecule has 2 aliphatic carbocycles. The van der Waals surface area contributed by atoms with Gasteiger partial charge in [0.15, 0.2) is 12.6 Å². The molecule has 2 fully saturated rings. The summed E-state index contributed by atoms with van der Waals surface area (Å²) in [6, 6.07) is 9.07. The van der Waals surface area contributed by atoms with Crippen molar-refractivity contribution >= 4 is 25.0 Å². The number of methoxy groups -OCH3 is 2. The Balaban J connectivity index is 0.000000260. The van der Waals surface area contributed by atoms with E-state index in [1.807, 2.05) is 26.3 Å². The quantitative estimate of drug-likeness (QED) is 0.248. The molecule has 2 saturated carbocycles. The molecule has 4 N–H and O–H groups in total. The summed E-state index contributed by atoms with van der Waals surface area (Å²) in [7, 11) is 3.18. The molecule has 2 aromatic rings. The van der Waals surface area contributed by atoms with Crippen LogP contribution in [0.4, 0.5) is 0 Å². The van der Waals surface area contributed by atoms with Gasteiger partial charge in [-0.3, -0.25) is 19.6 Å². The molecular weight excluding hydrogens is 552 g/mol. The SMILES string of the molecule is CC=N[C@H]1CCCC[C@@H]1N=Cc1cc(CC)cc(C)c1OC.CCc1cc(C=O)c(OC)c(C=O)c1.NC1CCCCC1N. The lowest BCUT2D eigenvalue weighted by Gasteiger charge is -2.25. The average Bonchev–Trinajstić information content (AvgIpc) is 3.05. The van der Waals surface area contributed by atoms with E-state index < -0.39 is 0 Å². The van der Waals surface area contributed by atoms with Crippen LogP contribution in [0.3, 0.4) is 0 Å². The monoisotopic (exact) mass is 606 g/mol. The number of benzene rings is 2. The summed E-state index contributed by atoms with van der Waals surface area (Å²) in [5.41, 5.74) is 16.7. The number of nitrogens with zero attached hydrogens (tertiary/aromatic N) is 2. The van der Waals surface area contributed by atoms with Crippen LogP contribution in [0.5, 0.6) is 11.5 Å². The number of rotatable bonds is 9. The summed E-state index contributed by atoms with van der Waals surface area (Å²) in [5, 5.41) is 0. The van der Waals surface area contributed by atoms with Gasteiger partial charge in [0.25, 0.3) is 0 Å². The van der Waals surface area contributed by atoms with Gasteiger partial charge in [-0.1, -0.05) is 45.6 Å². The molecule has 0 bridgehead atoms. The fraction of sp³-hybridized carbons (Fsp3) is 0.556. The second-order valence-corrected chi connectivity index (χ2v) is 11.5. The Bertz CT molecular complexity index is 1200. The first-order chi connectivity index (χ1) is 21.3. The lowest BCUT2D eigenvalue weighted by atomic mass is 9.91. The number of aldehydes is 2. The van der Waals surface area contributed by atoms with Crippen molar-refractivity contribution in [2.24, 2.45) is 21.5 Å². The number of hydrogen-bond acceptors (Lipinski definition) is 8. The van der Waals surface area contributed by atoms with Crippen molar-refractivity contribution < 1.29 is 19.1 Å². The number of carbonyl (C=O) groups is 2. The van der Waals surface area contributed by atoms with Gasteiger partial charge >= 0.3 is 0 Å². The normalized spacial score (nSPS) is 21.5. The highest BCUT2D eigenvalue weighted by atomic mass is 16.5. The first kappa shape index (κ1) is 36.8. The van der Waals surface area contributed by atoms with Crippen LogP contribution >= 0.6 is 0 Å². The number of nitrogens with two attached hydrogens (primary N) is 2. The molecule has 0 amide bonds. The highest BCUT2D eigenvalue weighted by Crippen LogP contribution is 2.27. The van der Waals surface area contributed by atoms with Crippen molar-refractivity contribution in [2.45, 2.75) is 116 Å². The second kappa shape index (κ2) is 19.8. The molecule has 242 valence electrons. The maximum Gasteiger partial charge on any atom is 0.153 e. The zero-order valence-corrected chi connectivity index (χ0v) is 27.7. The number of carbonyl (C=O) groups excluding carboxylic acids is 2. The van der Waals surface area contributed by atoms with E-state index in [4.69, 9.17) is 25.9 Å². The number of aryl methyl sites for hydroxylation is 3. The second-order valence-electron chi connectivity index (χ2n) is 11.5. The minimum atomic E-state index is 0.281. The highest BCUT2D eigenvalue weighted by Gasteiger charge is 2.23. The third-order valence-electron chi connectivity index (χ3n) is 8.36. The van der Waals surface area contributed by atoms with Gasteiger partial charge < -0.3 is 20.9 Å². The molecule has 2 unspecified atom stereocenters. The van der Waals surface area contributed by atoms with Crippen molar-refractivity contribution in [3.63, 3.8) is 0 Å². The smallest absolute Gasteiger partial charge is 0.153 e. The molecule has 2 aliphatic rings. The molecule has 0 spiro atoms. The van der Waals surface area contributed by atoms with Crippen LogP contribution < -0.4 is 20.9 Å². The van der Waals surface area contributed by atoms with Gasteiger partial charge in [0.05, 0.1) is 37.4 Å². The molecule has 4 rings (SSSR count). The van der Waals surface area contributed by atoms with Crippen molar-refractivity contribution in [1.29, 1.82) is 0 Å². The van der Waals surface area contributed by atoms with E-state index in [1.54, 1.807) is 19.2 Å². The number of ether oxygens (including phenoxy) is 2. The average molecular weight is 607 g/mol. The van der Waals surface area contributed by atoms with Gasteiger partial charge in [-0.25, -0.2) is 0 Å². The van der Waals surface area contributed by atoms with E-state index in [-0.39, 0.29) is 12.1 Å². The fourth-order valence-corrected chi connectivity index (χ4v) is 5.81. The van der Waals surface area contributed by atoms with Crippen molar-refractivity contribution in [3.05, 3.63) is 57.6 Å². The summed E-state index contributed by atoms with van der Waals surface area (Å²) >= 11 is 0. The molecule has 8 nitrogen and oxygen atoms in total. The van der Waals surface area contributed by atoms with Crippen LogP contribution in [-0.4, -0.2) is 63.4 Å². The van der Waals surface area contributed by atoms with Gasteiger partial charge in [0.2, 0.25) is 0 Å². The molecule has 0 heterocycles. The number of hydrogen-bond donors (Lipinski definition) is 2. The zero-order chi connectivity index (χ0) is 32.5. The Morgan fingerprint density at radius 2 is 1.18 bits per heavy atom. The van der Waals surface area contributed by atoms with Gasteiger partial charge in [-0.2, -0.15) is 0 Å². The third-order valence-corrected chi connectivity index (χ3v) is 8.36. The zero-order valence-electron chi connectivity index (χ0n) is 27.7. The summed E-state index contributed by atoms with van der Waals surface area (Å²) in [4.78, 5) is 30.9. The van der Waals surface area contributed by atoms with Crippen LogP contribution in [-0.2, 0) is 12.8 Å². The van der Waals surface area contributed by atoms with E-state index in [0.29, 0.717) is 41.5 Å². The standard InChI is InChI=1S/C19H28N2O.C11H12O3.C6H14N2/c1-5-15-11-14(3)19(22-4)16(12-15)13-21-18-10-8-7-9-17(18)20-6-2;1-3-8-4-9(6-12)11(14-2)10(5-8)7-13;7-5-3-1-2-4-6(5)8/h6,11-13,17-18H,5,7-10H2,1-4H3;4-7H,3H2,1-2H3;5-6H,1-4,7-8H2/t17-,18-;;/m0../s1. The molecule has 44 heavy (non-hydrogen) atoms. The molecule has 0 aromatic heterocycles. The maximum absolute atomic E-state index is 10.7. The molecular formula is C36H54N4O4. The Labute approximate surface area is 264 Å². The Hall–Kier alpha value is -3.36. The van der Waals surface area contributed by atoms with Crippen LogP contribution in [0.25, 0.3) is 0 Å². The summed E-state index contributed by atoms with van der Waals surface area (Å²) in [6.45, 7) is 8.23. The van der Waals surface area contributed by atoms with Gasteiger partial charge in [0, 0.05) is 23.9 Å². The largest absolute Gasteiger partial charge is 0.496 e. The van der Waals surface area contributed by atoms with Crippen molar-refractivity contribution in [2.75, 3.05) is 14.2 Å². The first-order valence-electron chi connectivity index (χ1n) is 16.1. The predicted molar refractivity (Wildman–Crippen MR) is 182 cm³/mol. The predicted octanol–water partition coefficient (Wildman–Crippen LogP) is 6.48. The Kier molecular flexibility index (Phi) is 16.6. The fourth-order valence-electron chi connectivity index (χ4n) is 5.81. The Morgan fingerprint density at radius 1 is 0.727 bits per heavy atom. The van der Waals surface area contributed by atoms with Crippen LogP contribution in [0, 0.1) is 6.92 Å². The minimum absolute atomic E-state index is 0.281. The highest BCUT2D eigenvalue weighted by molar-refractivity contribution is 5.89. The summed E-state index contributed by atoms with van der Waals surface area (Å²) in [5.74, 6) is 1.29. The van der Waals surface area contributed by atoms with E-state index in [9.17, 15) is 9.59 Å². The maximum atomic E-state index is 10.7. The summed E-state index contributed by atoms with van der Waals surface area (Å²) in [6.07, 6.45) is 16.7. The molecule has 0 radical (unpaired) electrons. The van der Waals surface area contributed by atoms with Crippen LogP contribution in [0.15, 0.2) is 34.3 Å². The minimum Gasteiger partial charge on any atom is -0.496 e. The van der Waals surface area contributed by atoms with Crippen LogP contribution in [0.2, 0.25) is 0 Å².